The van der Waals surface area contributed by atoms with Crippen molar-refractivity contribution in [2.45, 2.75) is 48.4 Å². The number of hydrogen-bond donors (Lipinski definition) is 3. The van der Waals surface area contributed by atoms with Gasteiger partial charge in [-0.25, -0.2) is 21.6 Å². The molecule has 0 aromatic heterocycles. The first-order chi connectivity index (χ1) is 17.9. The van der Waals surface area contributed by atoms with Crippen molar-refractivity contribution in [3.05, 3.63) is 70.5 Å². The van der Waals surface area contributed by atoms with Gasteiger partial charge < -0.3 is 15.7 Å². The highest BCUT2D eigenvalue weighted by molar-refractivity contribution is 7.92. The fourth-order valence-corrected chi connectivity index (χ4v) is 7.87. The number of aliphatic hydroxyl groups is 1. The zero-order chi connectivity index (χ0) is 27.8. The Morgan fingerprint density at radius 3 is 2.29 bits per heavy atom. The van der Waals surface area contributed by atoms with Gasteiger partial charge in [0.15, 0.2) is 27.3 Å². The van der Waals surface area contributed by atoms with Crippen molar-refractivity contribution >= 4 is 38.9 Å². The lowest BCUT2D eigenvalue weighted by molar-refractivity contribution is -0.119. The summed E-state index contributed by atoms with van der Waals surface area (Å²) in [7, 11) is -4.05. The van der Waals surface area contributed by atoms with Crippen LogP contribution in [-0.2, 0) is 14.6 Å². The van der Waals surface area contributed by atoms with Crippen LogP contribution in [0.15, 0.2) is 47.4 Å². The van der Waals surface area contributed by atoms with Crippen molar-refractivity contribution in [3.8, 4) is 0 Å². The molecule has 4 rings (SSSR count). The normalized spacial score (nSPS) is 24.9. The Bertz CT molecular complexity index is 1380. The molecule has 2 aromatic carbocycles. The Balaban J connectivity index is 1.54. The van der Waals surface area contributed by atoms with Gasteiger partial charge in [-0.15, -0.1) is 0 Å². The van der Waals surface area contributed by atoms with Crippen molar-refractivity contribution in [2.75, 3.05) is 11.9 Å². The lowest BCUT2D eigenvalue weighted by atomic mass is 9.74. The minimum absolute atomic E-state index is 0.0132. The van der Waals surface area contributed by atoms with Crippen molar-refractivity contribution in [3.63, 3.8) is 0 Å². The molecule has 0 saturated heterocycles. The molecular formula is C26H26ClF3N2O5S. The van der Waals surface area contributed by atoms with Gasteiger partial charge in [-0.2, -0.15) is 0 Å². The summed E-state index contributed by atoms with van der Waals surface area (Å²) in [4.78, 5) is 24.3. The van der Waals surface area contributed by atoms with Crippen LogP contribution >= 0.6 is 11.6 Å². The Morgan fingerprint density at radius 2 is 1.71 bits per heavy atom. The van der Waals surface area contributed by atoms with E-state index >= 15 is 0 Å². The number of carbonyl (C=O) groups excluding carboxylic acids is 2. The Labute approximate surface area is 223 Å². The highest BCUT2D eigenvalue weighted by atomic mass is 35.5. The molecule has 2 aromatic rings. The first-order valence-corrected chi connectivity index (χ1v) is 13.9. The summed E-state index contributed by atoms with van der Waals surface area (Å²) in [5.74, 6) is -6.61. The number of benzene rings is 2. The van der Waals surface area contributed by atoms with Crippen LogP contribution in [0.2, 0.25) is 5.02 Å². The van der Waals surface area contributed by atoms with E-state index in [2.05, 4.69) is 10.6 Å². The van der Waals surface area contributed by atoms with Crippen molar-refractivity contribution < 1.29 is 36.3 Å². The fraction of sp³-hybridized carbons (Fsp3) is 0.385. The number of carbonyl (C=O) groups is 2. The molecule has 7 nitrogen and oxygen atoms in total. The Hall–Kier alpha value is -2.89. The SMILES string of the molecule is C/C=C/C(=O)NCC1(O)C2CCC1CC(S(=O)(=O)c1cc(C(=O)Nc3cc(F)c(F)c(F)c3)ccc1Cl)C2. The number of fused-ring (bicyclic) bond motifs is 2. The largest absolute Gasteiger partial charge is 0.387 e. The van der Waals surface area contributed by atoms with Crippen LogP contribution in [-0.4, -0.2) is 42.7 Å². The number of anilines is 1. The Kier molecular flexibility index (Phi) is 7.92. The Morgan fingerprint density at radius 1 is 1.11 bits per heavy atom. The van der Waals surface area contributed by atoms with Gasteiger partial charge in [-0.1, -0.05) is 17.7 Å². The van der Waals surface area contributed by atoms with Crippen LogP contribution < -0.4 is 10.6 Å². The zero-order valence-electron chi connectivity index (χ0n) is 20.3. The molecule has 2 atom stereocenters. The summed E-state index contributed by atoms with van der Waals surface area (Å²) in [5.41, 5.74) is -1.72. The first kappa shape index (κ1) is 28.1. The molecule has 2 amide bonds. The lowest BCUT2D eigenvalue weighted by Crippen LogP contribution is -2.54. The molecule has 38 heavy (non-hydrogen) atoms. The van der Waals surface area contributed by atoms with Crippen molar-refractivity contribution in [1.82, 2.24) is 5.32 Å². The minimum atomic E-state index is -4.05. The maximum absolute atomic E-state index is 13.6. The molecule has 2 fully saturated rings. The molecule has 204 valence electrons. The predicted octanol–water partition coefficient (Wildman–Crippen LogP) is 4.40. The molecule has 0 heterocycles. The second-order valence-corrected chi connectivity index (χ2v) is 12.3. The van der Waals surface area contributed by atoms with Gasteiger partial charge in [0, 0.05) is 29.9 Å². The quantitative estimate of drug-likeness (QED) is 0.337. The molecule has 2 bridgehead atoms. The number of amides is 2. The standard InChI is InChI=1S/C26H26ClF3N2O5S/c1-2-3-23(33)31-13-26(35)15-5-6-16(26)10-18(9-15)38(36,37)22-8-14(4-7-19(22)27)25(34)32-17-11-20(28)24(30)21(29)12-17/h2-4,7-8,11-12,15-16,18,35H,5-6,9-10,13H2,1H3,(H,31,33)(H,32,34)/b3-2+. The van der Waals surface area contributed by atoms with E-state index in [9.17, 15) is 36.3 Å². The minimum Gasteiger partial charge on any atom is -0.387 e. The van der Waals surface area contributed by atoms with Crippen molar-refractivity contribution in [2.24, 2.45) is 11.8 Å². The summed E-state index contributed by atoms with van der Waals surface area (Å²) in [5, 5.41) is 15.2. The van der Waals surface area contributed by atoms with Crippen LogP contribution in [0, 0.1) is 29.3 Å². The van der Waals surface area contributed by atoms with Crippen LogP contribution in [0.5, 0.6) is 0 Å². The summed E-state index contributed by atoms with van der Waals surface area (Å²) in [6, 6.07) is 4.78. The van der Waals surface area contributed by atoms with Gasteiger partial charge >= 0.3 is 0 Å². The molecule has 0 spiro atoms. The number of rotatable bonds is 7. The smallest absolute Gasteiger partial charge is 0.255 e. The van der Waals surface area contributed by atoms with E-state index in [1.807, 2.05) is 0 Å². The monoisotopic (exact) mass is 570 g/mol. The topological polar surface area (TPSA) is 113 Å². The van der Waals surface area contributed by atoms with E-state index < -0.39 is 44.0 Å². The maximum Gasteiger partial charge on any atom is 0.255 e. The molecule has 2 aliphatic carbocycles. The second-order valence-electron chi connectivity index (χ2n) is 9.67. The fourth-order valence-electron chi connectivity index (χ4n) is 5.46. The predicted molar refractivity (Wildman–Crippen MR) is 135 cm³/mol. The van der Waals surface area contributed by atoms with Gasteiger partial charge in [-0.05, 0) is 68.7 Å². The molecule has 2 saturated carbocycles. The van der Waals surface area contributed by atoms with E-state index in [1.165, 1.54) is 18.2 Å². The van der Waals surface area contributed by atoms with Gasteiger partial charge in [0.2, 0.25) is 5.91 Å². The van der Waals surface area contributed by atoms with Gasteiger partial charge in [0.1, 0.15) is 0 Å². The highest BCUT2D eigenvalue weighted by Gasteiger charge is 2.55. The average molecular weight is 571 g/mol. The summed E-state index contributed by atoms with van der Waals surface area (Å²) in [6.07, 6.45) is 4.42. The third kappa shape index (κ3) is 5.32. The highest BCUT2D eigenvalue weighted by Crippen LogP contribution is 2.52. The molecule has 12 heteroatoms. The van der Waals surface area contributed by atoms with E-state index in [0.29, 0.717) is 25.0 Å². The van der Waals surface area contributed by atoms with Crippen LogP contribution in [0.3, 0.4) is 0 Å². The molecule has 0 radical (unpaired) electrons. The number of nitrogens with one attached hydrogen (secondary N) is 2. The van der Waals surface area contributed by atoms with Crippen molar-refractivity contribution in [1.29, 1.82) is 0 Å². The molecule has 3 N–H and O–H groups in total. The average Bonchev–Trinajstić information content (AvgIpc) is 3.02. The summed E-state index contributed by atoms with van der Waals surface area (Å²) in [6.45, 7) is 1.71. The first-order valence-electron chi connectivity index (χ1n) is 12.0. The number of allylic oxidation sites excluding steroid dienone is 1. The zero-order valence-corrected chi connectivity index (χ0v) is 21.9. The lowest BCUT2D eigenvalue weighted by Gasteiger charge is -2.42. The molecule has 2 aliphatic rings. The summed E-state index contributed by atoms with van der Waals surface area (Å²) < 4.78 is 67.5. The number of halogens is 4. The van der Waals surface area contributed by atoms with E-state index in [1.54, 1.807) is 13.0 Å². The van der Waals surface area contributed by atoms with Crippen LogP contribution in [0.4, 0.5) is 18.9 Å². The molecular weight excluding hydrogens is 545 g/mol. The third-order valence-corrected chi connectivity index (χ3v) is 10.1. The van der Waals surface area contributed by atoms with Crippen LogP contribution in [0.25, 0.3) is 0 Å². The van der Waals surface area contributed by atoms with E-state index in [4.69, 9.17) is 11.6 Å². The summed E-state index contributed by atoms with van der Waals surface area (Å²) >= 11 is 6.23. The number of hydrogen-bond acceptors (Lipinski definition) is 5. The van der Waals surface area contributed by atoms with E-state index in [-0.39, 0.29) is 58.3 Å². The van der Waals surface area contributed by atoms with Gasteiger partial charge in [-0.3, -0.25) is 9.59 Å². The van der Waals surface area contributed by atoms with Crippen LogP contribution in [0.1, 0.15) is 43.0 Å². The van der Waals surface area contributed by atoms with Gasteiger partial charge in [0.25, 0.3) is 5.91 Å². The van der Waals surface area contributed by atoms with E-state index in [0.717, 1.165) is 6.07 Å². The molecule has 2 unspecified atom stereocenters. The second kappa shape index (κ2) is 10.7. The maximum atomic E-state index is 13.6. The number of sulfone groups is 1. The van der Waals surface area contributed by atoms with Gasteiger partial charge in [0.05, 0.1) is 20.8 Å². The molecule has 0 aliphatic heterocycles. The third-order valence-electron chi connectivity index (χ3n) is 7.42.